The standard InChI is InChI=1S/C19H23F2N3O2Si/c1-26-16-6-5-12-15(24-16)7-8-22-17(12)19(25)23-11-9-13(20)18(14(21)10-11)27(2,3)4/h5-6,9-10,17,22H,7-8H2,1-4H3,(H,23,25). The van der Waals surface area contributed by atoms with E-state index in [0.29, 0.717) is 18.8 Å². The first-order valence-electron chi connectivity index (χ1n) is 8.78. The van der Waals surface area contributed by atoms with Crippen LogP contribution in [0.4, 0.5) is 14.5 Å². The van der Waals surface area contributed by atoms with Crippen LogP contribution >= 0.6 is 0 Å². The van der Waals surface area contributed by atoms with Gasteiger partial charge >= 0.3 is 0 Å². The SMILES string of the molecule is COc1ccc2c(n1)CCNC2C(=O)Nc1cc(F)c([Si](C)(C)C)c(F)c1. The number of amides is 1. The molecular formula is C19H23F2N3O2Si. The number of carbonyl (C=O) groups excluding carboxylic acids is 1. The molecule has 1 unspecified atom stereocenters. The van der Waals surface area contributed by atoms with Crippen LogP contribution in [-0.2, 0) is 11.2 Å². The Bertz CT molecular complexity index is 861. The third-order valence-electron chi connectivity index (χ3n) is 4.54. The number of aromatic nitrogens is 1. The number of halogens is 2. The van der Waals surface area contributed by atoms with Crippen molar-refractivity contribution in [2.75, 3.05) is 19.0 Å². The van der Waals surface area contributed by atoms with Crippen molar-refractivity contribution in [3.8, 4) is 5.88 Å². The van der Waals surface area contributed by atoms with E-state index in [4.69, 9.17) is 4.74 Å². The molecular weight excluding hydrogens is 368 g/mol. The average Bonchev–Trinajstić information content (AvgIpc) is 2.58. The number of hydrogen-bond acceptors (Lipinski definition) is 4. The highest BCUT2D eigenvalue weighted by molar-refractivity contribution is 6.88. The van der Waals surface area contributed by atoms with Crippen LogP contribution in [0.25, 0.3) is 0 Å². The predicted octanol–water partition coefficient (Wildman–Crippen LogP) is 2.74. The zero-order valence-corrected chi connectivity index (χ0v) is 16.8. The molecule has 0 spiro atoms. The lowest BCUT2D eigenvalue weighted by Crippen LogP contribution is -2.42. The number of pyridine rings is 1. The van der Waals surface area contributed by atoms with Crippen molar-refractivity contribution in [1.29, 1.82) is 0 Å². The molecule has 2 N–H and O–H groups in total. The van der Waals surface area contributed by atoms with Gasteiger partial charge < -0.3 is 15.4 Å². The summed E-state index contributed by atoms with van der Waals surface area (Å²) in [4.78, 5) is 17.1. The molecule has 0 aliphatic carbocycles. The fourth-order valence-corrected chi connectivity index (χ4v) is 4.90. The largest absolute Gasteiger partial charge is 0.481 e. The van der Waals surface area contributed by atoms with Gasteiger partial charge in [-0.15, -0.1) is 0 Å². The van der Waals surface area contributed by atoms with Gasteiger partial charge in [-0.2, -0.15) is 0 Å². The number of hydrogen-bond donors (Lipinski definition) is 2. The van der Waals surface area contributed by atoms with Crippen LogP contribution in [0, 0.1) is 11.6 Å². The van der Waals surface area contributed by atoms with Gasteiger partial charge in [0.1, 0.15) is 17.7 Å². The monoisotopic (exact) mass is 391 g/mol. The number of benzene rings is 1. The fraction of sp³-hybridized carbons (Fsp3) is 0.368. The van der Waals surface area contributed by atoms with Crippen LogP contribution in [-0.4, -0.2) is 32.6 Å². The van der Waals surface area contributed by atoms with Gasteiger partial charge in [0.25, 0.3) is 0 Å². The zero-order valence-electron chi connectivity index (χ0n) is 15.8. The van der Waals surface area contributed by atoms with Crippen molar-refractivity contribution >= 4 is 24.9 Å². The molecule has 1 aromatic carbocycles. The fourth-order valence-electron chi connectivity index (χ4n) is 3.32. The number of nitrogens with zero attached hydrogens (tertiary/aromatic N) is 1. The molecule has 2 heterocycles. The molecule has 0 radical (unpaired) electrons. The van der Waals surface area contributed by atoms with Crippen molar-refractivity contribution in [3.05, 3.63) is 47.2 Å². The van der Waals surface area contributed by atoms with Crippen LogP contribution in [0.5, 0.6) is 5.88 Å². The van der Waals surface area contributed by atoms with Gasteiger partial charge in [-0.1, -0.05) is 19.6 Å². The van der Waals surface area contributed by atoms with E-state index in [2.05, 4.69) is 15.6 Å². The Morgan fingerprint density at radius 3 is 2.52 bits per heavy atom. The van der Waals surface area contributed by atoms with Crippen LogP contribution in [0.1, 0.15) is 17.3 Å². The summed E-state index contributed by atoms with van der Waals surface area (Å²) in [7, 11) is -0.634. The van der Waals surface area contributed by atoms with Crippen LogP contribution in [0.3, 0.4) is 0 Å². The molecule has 1 amide bonds. The number of anilines is 1. The Morgan fingerprint density at radius 2 is 1.93 bits per heavy atom. The van der Waals surface area contributed by atoms with E-state index in [1.807, 2.05) is 19.6 Å². The number of ether oxygens (including phenoxy) is 1. The van der Waals surface area contributed by atoms with Crippen LogP contribution < -0.4 is 20.6 Å². The minimum atomic E-state index is -2.17. The summed E-state index contributed by atoms with van der Waals surface area (Å²) in [6.07, 6.45) is 0.671. The molecule has 1 atom stereocenters. The first kappa shape index (κ1) is 19.4. The Morgan fingerprint density at radius 1 is 1.26 bits per heavy atom. The van der Waals surface area contributed by atoms with Gasteiger partial charge in [-0.25, -0.2) is 13.8 Å². The minimum Gasteiger partial charge on any atom is -0.481 e. The van der Waals surface area contributed by atoms with Crippen molar-refractivity contribution in [3.63, 3.8) is 0 Å². The second kappa shape index (κ2) is 7.36. The summed E-state index contributed by atoms with van der Waals surface area (Å²) in [5.74, 6) is -1.14. The zero-order chi connectivity index (χ0) is 19.8. The molecule has 1 aliphatic rings. The minimum absolute atomic E-state index is 0.104. The summed E-state index contributed by atoms with van der Waals surface area (Å²) < 4.78 is 34.0. The Balaban J connectivity index is 1.85. The highest BCUT2D eigenvalue weighted by Crippen LogP contribution is 2.25. The number of methoxy groups -OCH3 is 1. The molecule has 3 rings (SSSR count). The van der Waals surface area contributed by atoms with E-state index in [1.165, 1.54) is 19.2 Å². The van der Waals surface area contributed by atoms with E-state index in [1.54, 1.807) is 12.1 Å². The van der Waals surface area contributed by atoms with E-state index >= 15 is 0 Å². The van der Waals surface area contributed by atoms with E-state index < -0.39 is 25.8 Å². The second-order valence-electron chi connectivity index (χ2n) is 7.58. The third kappa shape index (κ3) is 4.01. The highest BCUT2D eigenvalue weighted by Gasteiger charge is 2.29. The average molecular weight is 391 g/mol. The van der Waals surface area contributed by atoms with Crippen LogP contribution in [0.15, 0.2) is 24.3 Å². The van der Waals surface area contributed by atoms with Gasteiger partial charge in [0.2, 0.25) is 11.8 Å². The van der Waals surface area contributed by atoms with Crippen molar-refractivity contribution in [2.45, 2.75) is 32.1 Å². The normalized spacial score (nSPS) is 16.6. The van der Waals surface area contributed by atoms with Gasteiger partial charge in [0.15, 0.2) is 0 Å². The topological polar surface area (TPSA) is 63.2 Å². The molecule has 0 saturated heterocycles. The molecule has 144 valence electrons. The van der Waals surface area contributed by atoms with Crippen molar-refractivity contribution in [2.24, 2.45) is 0 Å². The van der Waals surface area contributed by atoms with Gasteiger partial charge in [-0.05, 0) is 18.2 Å². The number of nitrogens with one attached hydrogen (secondary N) is 2. The van der Waals surface area contributed by atoms with Gasteiger partial charge in [-0.3, -0.25) is 4.79 Å². The van der Waals surface area contributed by atoms with Crippen molar-refractivity contribution in [1.82, 2.24) is 10.3 Å². The summed E-state index contributed by atoms with van der Waals surface area (Å²) >= 11 is 0. The number of fused-ring (bicyclic) bond motifs is 1. The van der Waals surface area contributed by atoms with Crippen molar-refractivity contribution < 1.29 is 18.3 Å². The lowest BCUT2D eigenvalue weighted by Gasteiger charge is -2.26. The Kier molecular flexibility index (Phi) is 5.30. The smallest absolute Gasteiger partial charge is 0.246 e. The molecule has 2 aromatic rings. The Labute approximate surface area is 158 Å². The molecule has 1 aliphatic heterocycles. The lowest BCUT2D eigenvalue weighted by molar-refractivity contribution is -0.118. The maximum absolute atomic E-state index is 14.4. The highest BCUT2D eigenvalue weighted by atomic mass is 28.3. The second-order valence-corrected chi connectivity index (χ2v) is 12.6. The van der Waals surface area contributed by atoms with E-state index in [9.17, 15) is 13.6 Å². The number of carbonyl (C=O) groups is 1. The molecule has 5 nitrogen and oxygen atoms in total. The third-order valence-corrected chi connectivity index (χ3v) is 6.51. The summed E-state index contributed by atoms with van der Waals surface area (Å²) in [5, 5.41) is 5.88. The van der Waals surface area contributed by atoms with Crippen LogP contribution in [0.2, 0.25) is 19.6 Å². The summed E-state index contributed by atoms with van der Waals surface area (Å²) in [6, 6.07) is 5.20. The molecule has 0 bridgehead atoms. The van der Waals surface area contributed by atoms with E-state index in [0.717, 1.165) is 11.3 Å². The molecule has 0 saturated carbocycles. The van der Waals surface area contributed by atoms with Gasteiger partial charge in [0, 0.05) is 35.5 Å². The molecule has 1 aromatic heterocycles. The predicted molar refractivity (Wildman–Crippen MR) is 103 cm³/mol. The molecule has 0 fully saturated rings. The van der Waals surface area contributed by atoms with Gasteiger partial charge in [0.05, 0.1) is 20.9 Å². The molecule has 27 heavy (non-hydrogen) atoms. The summed E-state index contributed by atoms with van der Waals surface area (Å²) in [6.45, 7) is 6.19. The number of rotatable bonds is 4. The maximum Gasteiger partial charge on any atom is 0.246 e. The Hall–Kier alpha value is -2.32. The first-order valence-corrected chi connectivity index (χ1v) is 12.3. The molecule has 8 heteroatoms. The first-order chi connectivity index (χ1) is 12.7. The quantitative estimate of drug-likeness (QED) is 0.787. The lowest BCUT2D eigenvalue weighted by atomic mass is 9.98. The maximum atomic E-state index is 14.4. The van der Waals surface area contributed by atoms with E-state index in [-0.39, 0.29) is 16.8 Å². The summed E-state index contributed by atoms with van der Waals surface area (Å²) in [5.41, 5.74) is 1.62.